The predicted octanol–water partition coefficient (Wildman–Crippen LogP) is 3.38. The first kappa shape index (κ1) is 17.4. The number of anilines is 1. The first-order chi connectivity index (χ1) is 12.2. The third kappa shape index (κ3) is 4.14. The minimum atomic E-state index is -0.463. The van der Waals surface area contributed by atoms with E-state index in [0.29, 0.717) is 17.9 Å². The summed E-state index contributed by atoms with van der Waals surface area (Å²) in [6, 6.07) is 14.8. The molecule has 1 aliphatic heterocycles. The number of benzene rings is 2. The summed E-state index contributed by atoms with van der Waals surface area (Å²) in [6.07, 6.45) is 0.934. The molecule has 0 spiro atoms. The molecule has 0 fully saturated rings. The highest BCUT2D eigenvalue weighted by molar-refractivity contribution is 7.99. The smallest absolute Gasteiger partial charge is 0.343 e. The average Bonchev–Trinajstić information content (AvgIpc) is 2.88. The number of rotatable bonds is 4. The molecule has 3 rings (SSSR count). The molecular formula is C19H19NO4S. The molecule has 2 aromatic carbocycles. The van der Waals surface area contributed by atoms with Gasteiger partial charge in [-0.15, -0.1) is 11.8 Å². The number of hydrogen-bond acceptors (Lipinski definition) is 5. The molecule has 6 heteroatoms. The van der Waals surface area contributed by atoms with Crippen LogP contribution in [0.3, 0.4) is 0 Å². The van der Waals surface area contributed by atoms with Gasteiger partial charge in [-0.3, -0.25) is 4.79 Å². The van der Waals surface area contributed by atoms with Crippen LogP contribution < -0.4 is 9.64 Å². The Labute approximate surface area is 150 Å². The normalized spacial score (nSPS) is 13.6. The lowest BCUT2D eigenvalue weighted by Gasteiger charge is -2.22. The largest absolute Gasteiger partial charge is 0.482 e. The van der Waals surface area contributed by atoms with Gasteiger partial charge in [-0.1, -0.05) is 18.2 Å². The number of para-hydroxylation sites is 1. The van der Waals surface area contributed by atoms with Gasteiger partial charge in [0.05, 0.1) is 12.8 Å². The minimum Gasteiger partial charge on any atom is -0.482 e. The number of amides is 1. The predicted molar refractivity (Wildman–Crippen MR) is 97.4 cm³/mol. The van der Waals surface area contributed by atoms with Gasteiger partial charge in [0.2, 0.25) is 0 Å². The second-order valence-corrected chi connectivity index (χ2v) is 6.66. The van der Waals surface area contributed by atoms with Crippen molar-refractivity contribution in [2.45, 2.75) is 11.3 Å². The number of thioether (sulfide) groups is 1. The molecule has 130 valence electrons. The molecule has 0 aromatic heterocycles. The van der Waals surface area contributed by atoms with E-state index in [1.165, 1.54) is 7.11 Å². The number of ether oxygens (including phenoxy) is 2. The lowest BCUT2D eigenvalue weighted by Crippen LogP contribution is -2.31. The molecule has 0 N–H and O–H groups in total. The standard InChI is InChI=1S/C19H19NO4S/c1-23-18(21)13-24-15-7-4-6-14(12-15)19(22)20-10-5-11-25-17-9-3-2-8-16(17)20/h2-4,6-9,12H,5,10-11,13H2,1H3. The van der Waals surface area contributed by atoms with Gasteiger partial charge in [-0.25, -0.2) is 4.79 Å². The van der Waals surface area contributed by atoms with Gasteiger partial charge in [0.25, 0.3) is 5.91 Å². The van der Waals surface area contributed by atoms with E-state index in [1.54, 1.807) is 36.0 Å². The van der Waals surface area contributed by atoms with Gasteiger partial charge in [0, 0.05) is 17.0 Å². The van der Waals surface area contributed by atoms with E-state index in [0.717, 1.165) is 22.8 Å². The molecule has 1 heterocycles. The summed E-state index contributed by atoms with van der Waals surface area (Å²) in [5.74, 6) is 0.922. The van der Waals surface area contributed by atoms with Gasteiger partial charge < -0.3 is 14.4 Å². The van der Waals surface area contributed by atoms with Crippen molar-refractivity contribution >= 4 is 29.3 Å². The SMILES string of the molecule is COC(=O)COc1cccc(C(=O)N2CCCSc3ccccc32)c1. The Bertz CT molecular complexity index is 778. The molecule has 0 unspecified atom stereocenters. The molecule has 1 amide bonds. The van der Waals surface area contributed by atoms with Crippen molar-refractivity contribution in [2.24, 2.45) is 0 Å². The Balaban J connectivity index is 1.82. The van der Waals surface area contributed by atoms with Crippen LogP contribution in [0.1, 0.15) is 16.8 Å². The van der Waals surface area contributed by atoms with Crippen molar-refractivity contribution in [3.63, 3.8) is 0 Å². The Morgan fingerprint density at radius 2 is 2.00 bits per heavy atom. The van der Waals surface area contributed by atoms with Gasteiger partial charge in [0.15, 0.2) is 6.61 Å². The number of hydrogen-bond donors (Lipinski definition) is 0. The van der Waals surface area contributed by atoms with E-state index in [-0.39, 0.29) is 12.5 Å². The molecule has 0 bridgehead atoms. The van der Waals surface area contributed by atoms with Crippen LogP contribution in [0.25, 0.3) is 0 Å². The van der Waals surface area contributed by atoms with Crippen LogP contribution in [-0.2, 0) is 9.53 Å². The molecular weight excluding hydrogens is 338 g/mol. The summed E-state index contributed by atoms with van der Waals surface area (Å²) in [6.45, 7) is 0.493. The van der Waals surface area contributed by atoms with Crippen molar-refractivity contribution in [1.82, 2.24) is 0 Å². The highest BCUT2D eigenvalue weighted by atomic mass is 32.2. The molecule has 0 atom stereocenters. The molecule has 5 nitrogen and oxygen atoms in total. The molecule has 2 aromatic rings. The summed E-state index contributed by atoms with van der Waals surface area (Å²) in [5, 5.41) is 0. The van der Waals surface area contributed by atoms with Crippen LogP contribution in [0.4, 0.5) is 5.69 Å². The van der Waals surface area contributed by atoms with Gasteiger partial charge in [-0.05, 0) is 42.5 Å². The summed E-state index contributed by atoms with van der Waals surface area (Å²) in [7, 11) is 1.31. The van der Waals surface area contributed by atoms with E-state index in [2.05, 4.69) is 4.74 Å². The fourth-order valence-corrected chi connectivity index (χ4v) is 3.61. The zero-order chi connectivity index (χ0) is 17.6. The Morgan fingerprint density at radius 1 is 1.16 bits per heavy atom. The Kier molecular flexibility index (Phi) is 5.60. The number of esters is 1. The van der Waals surface area contributed by atoms with E-state index in [1.807, 2.05) is 29.2 Å². The van der Waals surface area contributed by atoms with Gasteiger partial charge in [0.1, 0.15) is 5.75 Å². The van der Waals surface area contributed by atoms with Gasteiger partial charge >= 0.3 is 5.97 Å². The topological polar surface area (TPSA) is 55.8 Å². The summed E-state index contributed by atoms with van der Waals surface area (Å²) < 4.78 is 9.94. The maximum atomic E-state index is 13.0. The second kappa shape index (κ2) is 8.07. The Hall–Kier alpha value is -2.47. The number of carbonyl (C=O) groups is 2. The molecule has 0 aliphatic carbocycles. The van der Waals surface area contributed by atoms with Crippen LogP contribution in [0.5, 0.6) is 5.75 Å². The van der Waals surface area contributed by atoms with E-state index >= 15 is 0 Å². The minimum absolute atomic E-state index is 0.0709. The number of fused-ring (bicyclic) bond motifs is 1. The zero-order valence-electron chi connectivity index (χ0n) is 13.9. The zero-order valence-corrected chi connectivity index (χ0v) is 14.8. The molecule has 0 saturated carbocycles. The fraction of sp³-hybridized carbons (Fsp3) is 0.263. The maximum absolute atomic E-state index is 13.0. The molecule has 0 saturated heterocycles. The van der Waals surface area contributed by atoms with E-state index in [9.17, 15) is 9.59 Å². The first-order valence-electron chi connectivity index (χ1n) is 8.02. The quantitative estimate of drug-likeness (QED) is 0.785. The average molecular weight is 357 g/mol. The lowest BCUT2D eigenvalue weighted by molar-refractivity contribution is -0.142. The van der Waals surface area contributed by atoms with Crippen molar-refractivity contribution in [3.8, 4) is 5.75 Å². The lowest BCUT2D eigenvalue weighted by atomic mass is 10.1. The third-order valence-corrected chi connectivity index (χ3v) is 5.00. The number of nitrogens with zero attached hydrogens (tertiary/aromatic N) is 1. The van der Waals surface area contributed by atoms with Gasteiger partial charge in [-0.2, -0.15) is 0 Å². The monoisotopic (exact) mass is 357 g/mol. The van der Waals surface area contributed by atoms with Crippen molar-refractivity contribution in [1.29, 1.82) is 0 Å². The van der Waals surface area contributed by atoms with Crippen LogP contribution in [0, 0.1) is 0 Å². The fourth-order valence-electron chi connectivity index (χ4n) is 2.61. The summed E-state index contributed by atoms with van der Waals surface area (Å²) in [5.41, 5.74) is 1.47. The van der Waals surface area contributed by atoms with Crippen LogP contribution >= 0.6 is 11.8 Å². The van der Waals surface area contributed by atoms with E-state index in [4.69, 9.17) is 4.74 Å². The number of methoxy groups -OCH3 is 1. The van der Waals surface area contributed by atoms with Crippen LogP contribution in [0.15, 0.2) is 53.4 Å². The van der Waals surface area contributed by atoms with Crippen molar-refractivity contribution in [2.75, 3.05) is 30.9 Å². The van der Waals surface area contributed by atoms with Crippen LogP contribution in [-0.4, -0.2) is 37.9 Å². The highest BCUT2D eigenvalue weighted by Gasteiger charge is 2.22. The Morgan fingerprint density at radius 3 is 2.84 bits per heavy atom. The van der Waals surface area contributed by atoms with Crippen LogP contribution in [0.2, 0.25) is 0 Å². The molecule has 25 heavy (non-hydrogen) atoms. The summed E-state index contributed by atoms with van der Waals surface area (Å²) >= 11 is 1.77. The molecule has 1 aliphatic rings. The van der Waals surface area contributed by atoms with Crippen molar-refractivity contribution < 1.29 is 19.1 Å². The van der Waals surface area contributed by atoms with Crippen molar-refractivity contribution in [3.05, 3.63) is 54.1 Å². The maximum Gasteiger partial charge on any atom is 0.343 e. The molecule has 0 radical (unpaired) electrons. The second-order valence-electron chi connectivity index (χ2n) is 5.52. The van der Waals surface area contributed by atoms with E-state index < -0.39 is 5.97 Å². The third-order valence-electron chi connectivity index (χ3n) is 3.85. The first-order valence-corrected chi connectivity index (χ1v) is 9.01. The number of carbonyl (C=O) groups excluding carboxylic acids is 2. The summed E-state index contributed by atoms with van der Waals surface area (Å²) in [4.78, 5) is 27.2. The highest BCUT2D eigenvalue weighted by Crippen LogP contribution is 2.34.